The first-order chi connectivity index (χ1) is 17.6. The SMILES string of the molecule is COC(=O)[C@]12CCC(C)(C)C[C@@H]1[C@H]1/C(=N\O)C[C@@H]3[C@@]4(C)C=C(C#N)C(=O)C(C)(C)[C@@H]4CC[C@@]3(C)[C@]1(C)CC2. The summed E-state index contributed by atoms with van der Waals surface area (Å²) < 4.78 is 5.46. The maximum absolute atomic E-state index is 13.5. The Morgan fingerprint density at radius 2 is 1.68 bits per heavy atom. The number of nitriles is 1. The van der Waals surface area contributed by atoms with Gasteiger partial charge in [0.15, 0.2) is 5.78 Å². The van der Waals surface area contributed by atoms with Gasteiger partial charge in [-0.3, -0.25) is 9.59 Å². The van der Waals surface area contributed by atoms with Crippen LogP contribution < -0.4 is 0 Å². The van der Waals surface area contributed by atoms with E-state index >= 15 is 0 Å². The minimum absolute atomic E-state index is 0.0148. The van der Waals surface area contributed by atoms with Gasteiger partial charge in [-0.2, -0.15) is 5.26 Å². The zero-order valence-corrected chi connectivity index (χ0v) is 24.6. The van der Waals surface area contributed by atoms with E-state index in [2.05, 4.69) is 45.8 Å². The molecule has 0 radical (unpaired) electrons. The topological polar surface area (TPSA) is 99.8 Å². The summed E-state index contributed by atoms with van der Waals surface area (Å²) in [6.07, 6.45) is 8.87. The van der Waals surface area contributed by atoms with Crippen LogP contribution in [0.3, 0.4) is 0 Å². The summed E-state index contributed by atoms with van der Waals surface area (Å²) >= 11 is 0. The Morgan fingerprint density at radius 3 is 2.29 bits per heavy atom. The first kappa shape index (κ1) is 27.4. The van der Waals surface area contributed by atoms with Crippen LogP contribution in [0.25, 0.3) is 0 Å². The molecule has 1 N–H and O–H groups in total. The fraction of sp³-hybridized carbons (Fsp3) is 0.812. The predicted molar refractivity (Wildman–Crippen MR) is 145 cm³/mol. The number of methoxy groups -OCH3 is 1. The van der Waals surface area contributed by atoms with Crippen molar-refractivity contribution in [1.82, 2.24) is 0 Å². The third-order valence-corrected chi connectivity index (χ3v) is 13.2. The van der Waals surface area contributed by atoms with Gasteiger partial charge in [0.1, 0.15) is 6.07 Å². The number of ether oxygens (including phenoxy) is 1. The summed E-state index contributed by atoms with van der Waals surface area (Å²) in [5.74, 6) is 0.129. The third kappa shape index (κ3) is 3.20. The Morgan fingerprint density at radius 1 is 1.03 bits per heavy atom. The van der Waals surface area contributed by atoms with E-state index in [1.807, 2.05) is 19.9 Å². The van der Waals surface area contributed by atoms with E-state index < -0.39 is 10.8 Å². The molecule has 0 heterocycles. The summed E-state index contributed by atoms with van der Waals surface area (Å²) in [7, 11) is 1.51. The Kier molecular flexibility index (Phi) is 5.90. The number of rotatable bonds is 1. The van der Waals surface area contributed by atoms with Crippen molar-refractivity contribution < 1.29 is 19.5 Å². The molecule has 0 amide bonds. The van der Waals surface area contributed by atoms with Gasteiger partial charge in [0.2, 0.25) is 0 Å². The summed E-state index contributed by atoms with van der Waals surface area (Å²) in [6.45, 7) is 15.7. The molecule has 6 nitrogen and oxygen atoms in total. The molecule has 4 fully saturated rings. The third-order valence-electron chi connectivity index (χ3n) is 13.2. The van der Waals surface area contributed by atoms with E-state index in [0.29, 0.717) is 6.42 Å². The lowest BCUT2D eigenvalue weighted by atomic mass is 9.31. The van der Waals surface area contributed by atoms with Crippen molar-refractivity contribution in [2.45, 2.75) is 99.8 Å². The Bertz CT molecular complexity index is 1180. The molecule has 0 bridgehead atoms. The number of hydrogen-bond acceptors (Lipinski definition) is 6. The van der Waals surface area contributed by atoms with Crippen LogP contribution in [0.15, 0.2) is 16.8 Å². The number of ketones is 1. The molecule has 0 spiro atoms. The van der Waals surface area contributed by atoms with Crippen molar-refractivity contribution in [1.29, 1.82) is 5.26 Å². The molecule has 8 atom stereocenters. The molecule has 208 valence electrons. The molecule has 0 aromatic rings. The molecule has 5 aliphatic rings. The normalized spacial score (nSPS) is 47.9. The molecule has 6 heteroatoms. The first-order valence-electron chi connectivity index (χ1n) is 14.5. The highest BCUT2D eigenvalue weighted by Gasteiger charge is 2.72. The van der Waals surface area contributed by atoms with Crippen molar-refractivity contribution in [2.24, 2.45) is 61.3 Å². The average Bonchev–Trinajstić information content (AvgIpc) is 2.85. The molecule has 0 aromatic heterocycles. The highest BCUT2D eigenvalue weighted by Crippen LogP contribution is 2.76. The minimum Gasteiger partial charge on any atom is -0.469 e. The average molecular weight is 523 g/mol. The van der Waals surface area contributed by atoms with Crippen LogP contribution >= 0.6 is 0 Å². The highest BCUT2D eigenvalue weighted by molar-refractivity contribution is 6.04. The van der Waals surface area contributed by atoms with Crippen molar-refractivity contribution in [3.8, 4) is 6.07 Å². The van der Waals surface area contributed by atoms with Crippen molar-refractivity contribution in [3.05, 3.63) is 11.6 Å². The van der Waals surface area contributed by atoms with Gasteiger partial charge in [0.05, 0.1) is 23.8 Å². The highest BCUT2D eigenvalue weighted by atomic mass is 16.5. The van der Waals surface area contributed by atoms with Crippen molar-refractivity contribution in [2.75, 3.05) is 7.11 Å². The zero-order valence-electron chi connectivity index (χ0n) is 24.6. The lowest BCUT2D eigenvalue weighted by Gasteiger charge is -2.72. The largest absolute Gasteiger partial charge is 0.469 e. The number of nitrogens with zero attached hydrogens (tertiary/aromatic N) is 2. The molecule has 38 heavy (non-hydrogen) atoms. The van der Waals surface area contributed by atoms with Gasteiger partial charge >= 0.3 is 5.97 Å². The van der Waals surface area contributed by atoms with Crippen LogP contribution in [0, 0.1) is 67.5 Å². The maximum Gasteiger partial charge on any atom is 0.312 e. The fourth-order valence-electron chi connectivity index (χ4n) is 11.0. The molecule has 5 aliphatic carbocycles. The van der Waals surface area contributed by atoms with E-state index in [9.17, 15) is 20.1 Å². The van der Waals surface area contributed by atoms with Gasteiger partial charge in [0.25, 0.3) is 0 Å². The number of fused-ring (bicyclic) bond motifs is 7. The first-order valence-corrected chi connectivity index (χ1v) is 14.5. The molecule has 0 aromatic carbocycles. The van der Waals surface area contributed by atoms with E-state index in [0.717, 1.165) is 50.7 Å². The molecular weight excluding hydrogens is 476 g/mol. The summed E-state index contributed by atoms with van der Waals surface area (Å²) in [4.78, 5) is 26.8. The second kappa shape index (κ2) is 8.18. The van der Waals surface area contributed by atoms with E-state index in [1.54, 1.807) is 0 Å². The second-order valence-corrected chi connectivity index (χ2v) is 15.5. The number of Topliss-reactive ketones (excluding diaryl/α,β-unsaturated/α-hetero) is 1. The molecule has 0 aliphatic heterocycles. The lowest BCUT2D eigenvalue weighted by molar-refractivity contribution is -0.207. The maximum atomic E-state index is 13.5. The molecule has 5 rings (SSSR count). The smallest absolute Gasteiger partial charge is 0.312 e. The van der Waals surface area contributed by atoms with Crippen LogP contribution in [0.4, 0.5) is 0 Å². The number of oxime groups is 1. The van der Waals surface area contributed by atoms with E-state index in [4.69, 9.17) is 4.74 Å². The van der Waals surface area contributed by atoms with Crippen LogP contribution in [-0.4, -0.2) is 29.8 Å². The molecule has 0 unspecified atom stereocenters. The monoisotopic (exact) mass is 522 g/mol. The summed E-state index contributed by atoms with van der Waals surface area (Å²) in [5.41, 5.74) is -0.652. The molecule has 0 saturated heterocycles. The number of esters is 1. The van der Waals surface area contributed by atoms with Crippen LogP contribution in [0.1, 0.15) is 99.8 Å². The number of allylic oxidation sites excluding steroid dienone is 2. The van der Waals surface area contributed by atoms with Crippen molar-refractivity contribution in [3.63, 3.8) is 0 Å². The Balaban J connectivity index is 1.68. The van der Waals surface area contributed by atoms with Crippen molar-refractivity contribution >= 4 is 17.5 Å². The summed E-state index contributed by atoms with van der Waals surface area (Å²) in [5, 5.41) is 24.5. The Hall–Kier alpha value is -2.16. The van der Waals surface area contributed by atoms with Gasteiger partial charge in [-0.1, -0.05) is 59.7 Å². The van der Waals surface area contributed by atoms with Gasteiger partial charge in [-0.25, -0.2) is 0 Å². The number of carbonyl (C=O) groups is 2. The summed E-state index contributed by atoms with van der Waals surface area (Å²) in [6, 6.07) is 2.22. The second-order valence-electron chi connectivity index (χ2n) is 15.5. The standard InChI is InChI=1S/C32H46N2O4/c1-27(2)11-13-32(26(36)38-8)14-12-31(7)24(20(32)17-27)21(34-37)15-23-29(5)16-19(18-33)25(35)28(3,4)22(29)9-10-30(23,31)6/h16,20,22-24,37H,9-15,17H2,1-8H3/b34-21-/t20-,22+,23-,24+,29+,30-,31-,32+/m1/s1. The number of hydrogen-bond donors (Lipinski definition) is 1. The van der Waals surface area contributed by atoms with Crippen LogP contribution in [0.5, 0.6) is 0 Å². The Labute approximate surface area is 228 Å². The van der Waals surface area contributed by atoms with Crippen LogP contribution in [-0.2, 0) is 14.3 Å². The molecular formula is C32H46N2O4. The number of carbonyl (C=O) groups excluding carboxylic acids is 2. The van der Waals surface area contributed by atoms with E-state index in [-0.39, 0.29) is 62.7 Å². The van der Waals surface area contributed by atoms with Gasteiger partial charge in [-0.05, 0) is 90.8 Å². The fourth-order valence-corrected chi connectivity index (χ4v) is 11.0. The van der Waals surface area contributed by atoms with Gasteiger partial charge in [0, 0.05) is 11.3 Å². The predicted octanol–water partition coefficient (Wildman–Crippen LogP) is 6.72. The lowest BCUT2D eigenvalue weighted by Crippen LogP contribution is -2.69. The minimum atomic E-state index is -0.621. The van der Waals surface area contributed by atoms with E-state index in [1.165, 1.54) is 7.11 Å². The zero-order chi connectivity index (χ0) is 28.1. The van der Waals surface area contributed by atoms with Crippen LogP contribution in [0.2, 0.25) is 0 Å². The quantitative estimate of drug-likeness (QED) is 0.234. The molecule has 4 saturated carbocycles. The van der Waals surface area contributed by atoms with Gasteiger partial charge < -0.3 is 9.94 Å². The van der Waals surface area contributed by atoms with Gasteiger partial charge in [-0.15, -0.1) is 0 Å².